The summed E-state index contributed by atoms with van der Waals surface area (Å²) in [5.74, 6) is 0. The molecule has 0 aromatic rings. The maximum atomic E-state index is 5.51. The second-order valence-electron chi connectivity index (χ2n) is 3.15. The Morgan fingerprint density at radius 1 is 1.73 bits per heavy atom. The van der Waals surface area contributed by atoms with E-state index >= 15 is 0 Å². The largest absolute Gasteiger partial charge is 0.377 e. The quantitative estimate of drug-likeness (QED) is 0.650. The van der Waals surface area contributed by atoms with E-state index in [1.165, 1.54) is 6.42 Å². The van der Waals surface area contributed by atoms with Crippen molar-refractivity contribution in [3.63, 3.8) is 0 Å². The van der Waals surface area contributed by atoms with Crippen LogP contribution in [0, 0.1) is 0 Å². The smallest absolute Gasteiger partial charge is 0.0809 e. The first-order valence-corrected chi connectivity index (χ1v) is 4.24. The SMILES string of the molecule is C[C@H](N)COCC1CCCO1. The highest BCUT2D eigenvalue weighted by Crippen LogP contribution is 2.11. The summed E-state index contributed by atoms with van der Waals surface area (Å²) in [5.41, 5.74) is 5.51. The fourth-order valence-corrected chi connectivity index (χ4v) is 1.16. The van der Waals surface area contributed by atoms with Crippen LogP contribution < -0.4 is 5.73 Å². The van der Waals surface area contributed by atoms with E-state index in [1.54, 1.807) is 0 Å². The second-order valence-corrected chi connectivity index (χ2v) is 3.15. The minimum Gasteiger partial charge on any atom is -0.377 e. The van der Waals surface area contributed by atoms with E-state index in [9.17, 15) is 0 Å². The molecule has 11 heavy (non-hydrogen) atoms. The molecule has 0 amide bonds. The third kappa shape index (κ3) is 3.70. The predicted molar refractivity (Wildman–Crippen MR) is 43.4 cm³/mol. The molecule has 0 saturated carbocycles. The van der Waals surface area contributed by atoms with Crippen molar-refractivity contribution >= 4 is 0 Å². The molecule has 1 aliphatic rings. The van der Waals surface area contributed by atoms with E-state index in [4.69, 9.17) is 15.2 Å². The van der Waals surface area contributed by atoms with Gasteiger partial charge in [0.05, 0.1) is 19.3 Å². The summed E-state index contributed by atoms with van der Waals surface area (Å²) in [7, 11) is 0. The highest BCUT2D eigenvalue weighted by molar-refractivity contribution is 4.63. The molecule has 3 nitrogen and oxygen atoms in total. The highest BCUT2D eigenvalue weighted by Gasteiger charge is 2.15. The molecule has 0 aromatic carbocycles. The zero-order valence-electron chi connectivity index (χ0n) is 7.08. The molecule has 1 unspecified atom stereocenters. The van der Waals surface area contributed by atoms with Crippen LogP contribution in [-0.2, 0) is 9.47 Å². The van der Waals surface area contributed by atoms with Crippen LogP contribution in [0.2, 0.25) is 0 Å². The van der Waals surface area contributed by atoms with E-state index in [0.717, 1.165) is 13.0 Å². The zero-order chi connectivity index (χ0) is 8.10. The van der Waals surface area contributed by atoms with Crippen LogP contribution in [0.3, 0.4) is 0 Å². The Labute approximate surface area is 67.9 Å². The van der Waals surface area contributed by atoms with Crippen LogP contribution >= 0.6 is 0 Å². The second kappa shape index (κ2) is 4.70. The first-order chi connectivity index (χ1) is 5.29. The highest BCUT2D eigenvalue weighted by atomic mass is 16.5. The molecule has 3 heteroatoms. The van der Waals surface area contributed by atoms with E-state index < -0.39 is 0 Å². The van der Waals surface area contributed by atoms with Gasteiger partial charge in [-0.3, -0.25) is 0 Å². The summed E-state index contributed by atoms with van der Waals surface area (Å²) < 4.78 is 10.7. The van der Waals surface area contributed by atoms with Gasteiger partial charge in [0.2, 0.25) is 0 Å². The van der Waals surface area contributed by atoms with E-state index in [2.05, 4.69) is 0 Å². The van der Waals surface area contributed by atoms with E-state index in [0.29, 0.717) is 19.3 Å². The van der Waals surface area contributed by atoms with Gasteiger partial charge in [-0.05, 0) is 19.8 Å². The maximum absolute atomic E-state index is 5.51. The number of nitrogens with two attached hydrogens (primary N) is 1. The fraction of sp³-hybridized carbons (Fsp3) is 1.00. The minimum atomic E-state index is 0.136. The van der Waals surface area contributed by atoms with Crippen LogP contribution in [0.4, 0.5) is 0 Å². The Kier molecular flexibility index (Phi) is 3.83. The van der Waals surface area contributed by atoms with Gasteiger partial charge in [-0.25, -0.2) is 0 Å². The number of rotatable bonds is 4. The van der Waals surface area contributed by atoms with Crippen molar-refractivity contribution < 1.29 is 9.47 Å². The molecule has 1 heterocycles. The fourth-order valence-electron chi connectivity index (χ4n) is 1.16. The lowest BCUT2D eigenvalue weighted by molar-refractivity contribution is 0.0142. The van der Waals surface area contributed by atoms with Gasteiger partial charge in [-0.1, -0.05) is 0 Å². The van der Waals surface area contributed by atoms with Gasteiger partial charge in [0, 0.05) is 12.6 Å². The molecule has 0 spiro atoms. The number of hydrogen-bond acceptors (Lipinski definition) is 3. The van der Waals surface area contributed by atoms with Crippen molar-refractivity contribution in [3.05, 3.63) is 0 Å². The molecule has 2 N–H and O–H groups in total. The summed E-state index contributed by atoms with van der Waals surface area (Å²) >= 11 is 0. The lowest BCUT2D eigenvalue weighted by Gasteiger charge is -2.11. The monoisotopic (exact) mass is 159 g/mol. The van der Waals surface area contributed by atoms with Gasteiger partial charge >= 0.3 is 0 Å². The molecule has 1 aliphatic heterocycles. The average Bonchev–Trinajstić information content (AvgIpc) is 2.39. The van der Waals surface area contributed by atoms with Gasteiger partial charge in [0.1, 0.15) is 0 Å². The molecule has 0 radical (unpaired) electrons. The third-order valence-electron chi connectivity index (χ3n) is 1.71. The van der Waals surface area contributed by atoms with E-state index in [1.807, 2.05) is 6.92 Å². The van der Waals surface area contributed by atoms with Crippen molar-refractivity contribution in [2.75, 3.05) is 19.8 Å². The molecule has 1 rings (SSSR count). The van der Waals surface area contributed by atoms with Crippen molar-refractivity contribution in [2.24, 2.45) is 5.73 Å². The summed E-state index contributed by atoms with van der Waals surface area (Å²) in [6.45, 7) is 4.18. The van der Waals surface area contributed by atoms with Gasteiger partial charge in [0.15, 0.2) is 0 Å². The summed E-state index contributed by atoms with van der Waals surface area (Å²) in [6.07, 6.45) is 2.64. The first kappa shape index (κ1) is 8.97. The molecule has 1 fully saturated rings. The van der Waals surface area contributed by atoms with Crippen LogP contribution in [0.1, 0.15) is 19.8 Å². The van der Waals surface area contributed by atoms with Crippen LogP contribution in [0.15, 0.2) is 0 Å². The molecule has 0 aliphatic carbocycles. The molecule has 66 valence electrons. The normalized spacial score (nSPS) is 27.3. The van der Waals surface area contributed by atoms with Crippen LogP contribution in [0.25, 0.3) is 0 Å². The first-order valence-electron chi connectivity index (χ1n) is 4.24. The van der Waals surface area contributed by atoms with Crippen molar-refractivity contribution in [1.82, 2.24) is 0 Å². The Bertz CT molecular complexity index is 100. The van der Waals surface area contributed by atoms with Crippen molar-refractivity contribution in [1.29, 1.82) is 0 Å². The standard InChI is InChI=1S/C8H17NO2/c1-7(9)5-10-6-8-3-2-4-11-8/h7-8H,2-6,9H2,1H3/t7-,8?/m0/s1. The Morgan fingerprint density at radius 2 is 2.55 bits per heavy atom. The van der Waals surface area contributed by atoms with Gasteiger partial charge < -0.3 is 15.2 Å². The molecular formula is C8H17NO2. The Morgan fingerprint density at radius 3 is 3.09 bits per heavy atom. The number of ether oxygens (including phenoxy) is 2. The maximum Gasteiger partial charge on any atom is 0.0809 e. The molecular weight excluding hydrogens is 142 g/mol. The molecule has 0 bridgehead atoms. The lowest BCUT2D eigenvalue weighted by Crippen LogP contribution is -2.25. The van der Waals surface area contributed by atoms with E-state index in [-0.39, 0.29) is 6.04 Å². The summed E-state index contributed by atoms with van der Waals surface area (Å²) in [4.78, 5) is 0. The van der Waals surface area contributed by atoms with Gasteiger partial charge in [0.25, 0.3) is 0 Å². The molecule has 0 aromatic heterocycles. The van der Waals surface area contributed by atoms with Crippen LogP contribution in [0.5, 0.6) is 0 Å². The van der Waals surface area contributed by atoms with Gasteiger partial charge in [-0.15, -0.1) is 0 Å². The van der Waals surface area contributed by atoms with Gasteiger partial charge in [-0.2, -0.15) is 0 Å². The lowest BCUT2D eigenvalue weighted by atomic mass is 10.2. The zero-order valence-corrected chi connectivity index (χ0v) is 7.08. The van der Waals surface area contributed by atoms with Crippen molar-refractivity contribution in [3.8, 4) is 0 Å². The average molecular weight is 159 g/mol. The third-order valence-corrected chi connectivity index (χ3v) is 1.71. The van der Waals surface area contributed by atoms with Crippen LogP contribution in [-0.4, -0.2) is 32.0 Å². The predicted octanol–water partition coefficient (Wildman–Crippen LogP) is 0.529. The molecule has 1 saturated heterocycles. The van der Waals surface area contributed by atoms with Crippen molar-refractivity contribution in [2.45, 2.75) is 31.9 Å². The summed E-state index contributed by atoms with van der Waals surface area (Å²) in [5, 5.41) is 0. The Balaban J connectivity index is 1.94. The summed E-state index contributed by atoms with van der Waals surface area (Å²) in [6, 6.07) is 0.136. The number of hydrogen-bond donors (Lipinski definition) is 1. The topological polar surface area (TPSA) is 44.5 Å². The Hall–Kier alpha value is -0.120. The minimum absolute atomic E-state index is 0.136. The molecule has 2 atom stereocenters.